The van der Waals surface area contributed by atoms with Gasteiger partial charge in [-0.25, -0.2) is 0 Å². The maximum absolute atomic E-state index is 13.0. The standard InChI is InChI=1S/C26H25NO4/c28-26(14-23(20-7-3-1-4-8-20)21-9-5-2-6-10-21)27-15-19(16-27)17-29-22-11-12-24-25(13-22)31-18-30-24/h1-13,19,23H,14-18H2. The number of nitrogens with zero attached hydrogens (tertiary/aromatic N) is 1. The van der Waals surface area contributed by atoms with Crippen LogP contribution < -0.4 is 14.2 Å². The van der Waals surface area contributed by atoms with Crippen LogP contribution in [0.2, 0.25) is 0 Å². The van der Waals surface area contributed by atoms with Crippen molar-refractivity contribution in [2.75, 3.05) is 26.5 Å². The molecule has 0 atom stereocenters. The second-order valence-electron chi connectivity index (χ2n) is 8.07. The van der Waals surface area contributed by atoms with Crippen molar-refractivity contribution in [2.45, 2.75) is 12.3 Å². The van der Waals surface area contributed by atoms with Crippen LogP contribution in [-0.4, -0.2) is 37.3 Å². The fourth-order valence-electron chi connectivity index (χ4n) is 4.16. The molecular formula is C26H25NO4. The molecule has 5 rings (SSSR count). The average Bonchev–Trinajstić information content (AvgIpc) is 3.25. The van der Waals surface area contributed by atoms with Crippen molar-refractivity contribution in [2.24, 2.45) is 5.92 Å². The lowest BCUT2D eigenvalue weighted by atomic mass is 9.87. The molecule has 0 aliphatic carbocycles. The summed E-state index contributed by atoms with van der Waals surface area (Å²) in [6, 6.07) is 26.1. The van der Waals surface area contributed by atoms with Gasteiger partial charge in [0.05, 0.1) is 6.61 Å². The summed E-state index contributed by atoms with van der Waals surface area (Å²) in [4.78, 5) is 14.9. The number of carbonyl (C=O) groups is 1. The molecule has 2 aliphatic rings. The number of amides is 1. The van der Waals surface area contributed by atoms with E-state index in [2.05, 4.69) is 24.3 Å². The Morgan fingerprint density at radius 2 is 1.55 bits per heavy atom. The molecule has 2 aliphatic heterocycles. The molecule has 0 saturated carbocycles. The van der Waals surface area contributed by atoms with Gasteiger partial charge in [-0.2, -0.15) is 0 Å². The molecule has 0 bridgehead atoms. The monoisotopic (exact) mass is 415 g/mol. The summed E-state index contributed by atoms with van der Waals surface area (Å²) in [6.45, 7) is 2.31. The summed E-state index contributed by atoms with van der Waals surface area (Å²) in [7, 11) is 0. The number of ether oxygens (including phenoxy) is 3. The van der Waals surface area contributed by atoms with Gasteiger partial charge >= 0.3 is 0 Å². The normalized spacial score (nSPS) is 15.1. The van der Waals surface area contributed by atoms with Crippen LogP contribution in [0.1, 0.15) is 23.5 Å². The van der Waals surface area contributed by atoms with Gasteiger partial charge in [0.25, 0.3) is 0 Å². The molecule has 3 aromatic rings. The van der Waals surface area contributed by atoms with Gasteiger partial charge < -0.3 is 19.1 Å². The van der Waals surface area contributed by atoms with E-state index in [4.69, 9.17) is 14.2 Å². The number of likely N-dealkylation sites (tertiary alicyclic amines) is 1. The maximum atomic E-state index is 13.0. The lowest BCUT2D eigenvalue weighted by molar-refractivity contribution is -0.138. The molecule has 5 nitrogen and oxygen atoms in total. The number of fused-ring (bicyclic) bond motifs is 1. The van der Waals surface area contributed by atoms with Crippen LogP contribution in [0.4, 0.5) is 0 Å². The predicted octanol–water partition coefficient (Wildman–Crippen LogP) is 4.47. The predicted molar refractivity (Wildman–Crippen MR) is 117 cm³/mol. The van der Waals surface area contributed by atoms with Gasteiger partial charge in [-0.15, -0.1) is 0 Å². The van der Waals surface area contributed by atoms with E-state index in [0.29, 0.717) is 18.9 Å². The largest absolute Gasteiger partial charge is 0.493 e. The van der Waals surface area contributed by atoms with Crippen molar-refractivity contribution in [3.8, 4) is 17.2 Å². The topological polar surface area (TPSA) is 48.0 Å². The zero-order valence-corrected chi connectivity index (χ0v) is 17.3. The first-order chi connectivity index (χ1) is 15.3. The van der Waals surface area contributed by atoms with Crippen LogP contribution in [-0.2, 0) is 4.79 Å². The van der Waals surface area contributed by atoms with E-state index in [1.54, 1.807) is 0 Å². The number of benzene rings is 3. The van der Waals surface area contributed by atoms with Gasteiger partial charge in [0, 0.05) is 37.4 Å². The molecule has 0 unspecified atom stereocenters. The Bertz CT molecular complexity index is 992. The Hall–Kier alpha value is -3.47. The Labute approximate surface area is 182 Å². The van der Waals surface area contributed by atoms with E-state index in [1.165, 1.54) is 11.1 Å². The van der Waals surface area contributed by atoms with Gasteiger partial charge in [0.2, 0.25) is 12.7 Å². The van der Waals surface area contributed by atoms with Crippen LogP contribution in [0.15, 0.2) is 78.9 Å². The molecule has 0 aromatic heterocycles. The minimum Gasteiger partial charge on any atom is -0.493 e. The van der Waals surface area contributed by atoms with E-state index in [-0.39, 0.29) is 18.6 Å². The molecule has 1 amide bonds. The van der Waals surface area contributed by atoms with Crippen LogP contribution in [0.25, 0.3) is 0 Å². The third-order valence-corrected chi connectivity index (χ3v) is 5.92. The molecular weight excluding hydrogens is 390 g/mol. The second kappa shape index (κ2) is 8.72. The lowest BCUT2D eigenvalue weighted by Crippen LogP contribution is -2.52. The SMILES string of the molecule is O=C(CC(c1ccccc1)c1ccccc1)N1CC(COc2ccc3c(c2)OCO3)C1. The molecule has 3 aromatic carbocycles. The Balaban J connectivity index is 1.16. The number of hydrogen-bond acceptors (Lipinski definition) is 4. The summed E-state index contributed by atoms with van der Waals surface area (Å²) in [5, 5.41) is 0. The molecule has 31 heavy (non-hydrogen) atoms. The van der Waals surface area contributed by atoms with E-state index < -0.39 is 0 Å². The summed E-state index contributed by atoms with van der Waals surface area (Å²) in [5.74, 6) is 2.84. The summed E-state index contributed by atoms with van der Waals surface area (Å²) >= 11 is 0. The molecule has 1 fully saturated rings. The Kier molecular flexibility index (Phi) is 5.48. The van der Waals surface area contributed by atoms with Gasteiger partial charge in [-0.1, -0.05) is 60.7 Å². The second-order valence-corrected chi connectivity index (χ2v) is 8.07. The molecule has 158 valence electrons. The molecule has 0 N–H and O–H groups in total. The Morgan fingerprint density at radius 3 is 2.23 bits per heavy atom. The molecule has 5 heteroatoms. The average molecular weight is 415 g/mol. The van der Waals surface area contributed by atoms with Crippen molar-refractivity contribution in [3.63, 3.8) is 0 Å². The van der Waals surface area contributed by atoms with E-state index >= 15 is 0 Å². The quantitative estimate of drug-likeness (QED) is 0.571. The first-order valence-electron chi connectivity index (χ1n) is 10.7. The first kappa shape index (κ1) is 19.5. The highest BCUT2D eigenvalue weighted by molar-refractivity contribution is 5.78. The third kappa shape index (κ3) is 4.36. The van der Waals surface area contributed by atoms with E-state index in [1.807, 2.05) is 59.5 Å². The smallest absolute Gasteiger partial charge is 0.231 e. The molecule has 1 saturated heterocycles. The number of carbonyl (C=O) groups excluding carboxylic acids is 1. The van der Waals surface area contributed by atoms with Gasteiger partial charge in [-0.05, 0) is 23.3 Å². The number of rotatable bonds is 7. The fraction of sp³-hybridized carbons (Fsp3) is 0.269. The van der Waals surface area contributed by atoms with Crippen molar-refractivity contribution >= 4 is 5.91 Å². The zero-order valence-electron chi connectivity index (χ0n) is 17.3. The Morgan fingerprint density at radius 1 is 0.903 bits per heavy atom. The maximum Gasteiger partial charge on any atom is 0.231 e. The van der Waals surface area contributed by atoms with Crippen LogP contribution in [0.3, 0.4) is 0 Å². The minimum atomic E-state index is 0.0684. The van der Waals surface area contributed by atoms with Crippen molar-refractivity contribution in [1.29, 1.82) is 0 Å². The number of hydrogen-bond donors (Lipinski definition) is 0. The van der Waals surface area contributed by atoms with Crippen LogP contribution in [0, 0.1) is 5.92 Å². The first-order valence-corrected chi connectivity index (χ1v) is 10.7. The van der Waals surface area contributed by atoms with Crippen molar-refractivity contribution in [3.05, 3.63) is 90.0 Å². The van der Waals surface area contributed by atoms with Gasteiger partial charge in [0.1, 0.15) is 5.75 Å². The van der Waals surface area contributed by atoms with E-state index in [0.717, 1.165) is 30.3 Å². The summed E-state index contributed by atoms with van der Waals surface area (Å²) in [6.07, 6.45) is 0.476. The summed E-state index contributed by atoms with van der Waals surface area (Å²) in [5.41, 5.74) is 2.34. The lowest BCUT2D eigenvalue weighted by Gasteiger charge is -2.39. The van der Waals surface area contributed by atoms with E-state index in [9.17, 15) is 4.79 Å². The minimum absolute atomic E-state index is 0.0684. The highest BCUT2D eigenvalue weighted by Crippen LogP contribution is 2.35. The highest BCUT2D eigenvalue weighted by atomic mass is 16.7. The van der Waals surface area contributed by atoms with Gasteiger partial charge in [0.15, 0.2) is 11.5 Å². The van der Waals surface area contributed by atoms with Crippen molar-refractivity contribution < 1.29 is 19.0 Å². The fourth-order valence-corrected chi connectivity index (χ4v) is 4.16. The molecule has 0 radical (unpaired) electrons. The van der Waals surface area contributed by atoms with Gasteiger partial charge in [-0.3, -0.25) is 4.79 Å². The third-order valence-electron chi connectivity index (χ3n) is 5.92. The molecule has 0 spiro atoms. The summed E-state index contributed by atoms with van der Waals surface area (Å²) < 4.78 is 16.6. The van der Waals surface area contributed by atoms with Crippen molar-refractivity contribution in [1.82, 2.24) is 4.90 Å². The molecule has 2 heterocycles. The highest BCUT2D eigenvalue weighted by Gasteiger charge is 2.32. The van der Waals surface area contributed by atoms with Crippen LogP contribution in [0.5, 0.6) is 17.2 Å². The van der Waals surface area contributed by atoms with Crippen LogP contribution >= 0.6 is 0 Å². The zero-order chi connectivity index (χ0) is 21.0.